The zero-order valence-electron chi connectivity index (χ0n) is 9.68. The summed E-state index contributed by atoms with van der Waals surface area (Å²) in [6, 6.07) is 11.1. The Morgan fingerprint density at radius 3 is 2.24 bits per heavy atom. The molecule has 0 aliphatic carbocycles. The molecule has 2 rings (SSSR count). The van der Waals surface area contributed by atoms with E-state index in [-0.39, 0.29) is 5.69 Å². The molecule has 0 radical (unpaired) electrons. The van der Waals surface area contributed by atoms with Crippen LogP contribution < -0.4 is 0 Å². The van der Waals surface area contributed by atoms with Crippen LogP contribution in [0.25, 0.3) is 11.3 Å². The second kappa shape index (κ2) is 4.33. The summed E-state index contributed by atoms with van der Waals surface area (Å²) in [7, 11) is 0. The number of aromatic nitrogens is 1. The number of rotatable bonds is 2. The molecule has 0 N–H and O–H groups in total. The Morgan fingerprint density at radius 2 is 1.71 bits per heavy atom. The summed E-state index contributed by atoms with van der Waals surface area (Å²) in [6.07, 6.45) is 0. The first-order valence-electron chi connectivity index (χ1n) is 5.27. The minimum atomic E-state index is -0.415. The predicted molar refractivity (Wildman–Crippen MR) is 65.8 cm³/mol. The highest BCUT2D eigenvalue weighted by atomic mass is 16.6. The van der Waals surface area contributed by atoms with Gasteiger partial charge in [0.1, 0.15) is 5.69 Å². The molecule has 1 heterocycles. The average molecular weight is 228 g/mol. The van der Waals surface area contributed by atoms with E-state index in [1.54, 1.807) is 13.0 Å². The monoisotopic (exact) mass is 228 g/mol. The Kier molecular flexibility index (Phi) is 2.87. The molecule has 86 valence electrons. The highest BCUT2D eigenvalue weighted by Crippen LogP contribution is 2.22. The summed E-state index contributed by atoms with van der Waals surface area (Å²) in [5.41, 5.74) is 3.39. The quantitative estimate of drug-likeness (QED) is 0.585. The van der Waals surface area contributed by atoms with Gasteiger partial charge in [-0.2, -0.15) is 0 Å². The van der Waals surface area contributed by atoms with Crippen molar-refractivity contribution < 1.29 is 4.92 Å². The van der Waals surface area contributed by atoms with Crippen LogP contribution >= 0.6 is 0 Å². The molecule has 0 saturated carbocycles. The van der Waals surface area contributed by atoms with Gasteiger partial charge >= 0.3 is 0 Å². The Labute approximate surface area is 99.1 Å². The van der Waals surface area contributed by atoms with Crippen molar-refractivity contribution in [2.45, 2.75) is 13.8 Å². The Hall–Kier alpha value is -2.23. The van der Waals surface area contributed by atoms with Crippen molar-refractivity contribution >= 4 is 5.69 Å². The molecule has 1 aromatic carbocycles. The maximum atomic E-state index is 10.7. The molecule has 17 heavy (non-hydrogen) atoms. The van der Waals surface area contributed by atoms with Gasteiger partial charge in [-0.3, -0.25) is 10.1 Å². The molecular formula is C13H12N2O2. The standard InChI is InChI=1S/C13H12N2O2/c1-9-3-5-11(6-4-9)12-7-8-13(15(16)17)10(2)14-12/h3-8H,1-2H3. The van der Waals surface area contributed by atoms with Gasteiger partial charge in [0.15, 0.2) is 0 Å². The van der Waals surface area contributed by atoms with Crippen LogP contribution in [0, 0.1) is 24.0 Å². The normalized spacial score (nSPS) is 10.2. The first-order chi connectivity index (χ1) is 8.08. The van der Waals surface area contributed by atoms with E-state index in [2.05, 4.69) is 4.98 Å². The van der Waals surface area contributed by atoms with Crippen molar-refractivity contribution in [3.63, 3.8) is 0 Å². The maximum Gasteiger partial charge on any atom is 0.290 e. The van der Waals surface area contributed by atoms with E-state index in [9.17, 15) is 10.1 Å². The molecule has 0 aliphatic rings. The minimum absolute atomic E-state index is 0.0564. The molecule has 1 aromatic heterocycles. The van der Waals surface area contributed by atoms with Gasteiger partial charge in [-0.1, -0.05) is 29.8 Å². The van der Waals surface area contributed by atoms with Crippen LogP contribution in [0.5, 0.6) is 0 Å². The molecule has 0 spiro atoms. The van der Waals surface area contributed by atoms with Crippen LogP contribution in [0.3, 0.4) is 0 Å². The van der Waals surface area contributed by atoms with Gasteiger partial charge in [0.2, 0.25) is 0 Å². The molecule has 0 atom stereocenters. The van der Waals surface area contributed by atoms with Crippen LogP contribution in [0.1, 0.15) is 11.3 Å². The van der Waals surface area contributed by atoms with Crippen molar-refractivity contribution in [3.8, 4) is 11.3 Å². The Balaban J connectivity index is 2.44. The fourth-order valence-corrected chi connectivity index (χ4v) is 1.63. The van der Waals surface area contributed by atoms with Gasteiger partial charge < -0.3 is 0 Å². The van der Waals surface area contributed by atoms with E-state index in [1.807, 2.05) is 31.2 Å². The second-order valence-corrected chi connectivity index (χ2v) is 3.92. The molecule has 0 amide bonds. The molecule has 0 aliphatic heterocycles. The molecule has 0 fully saturated rings. The van der Waals surface area contributed by atoms with Gasteiger partial charge in [-0.25, -0.2) is 4.98 Å². The van der Waals surface area contributed by atoms with Gasteiger partial charge in [0.25, 0.3) is 5.69 Å². The number of aryl methyl sites for hydroxylation is 2. The molecular weight excluding hydrogens is 216 g/mol. The Bertz CT molecular complexity index is 562. The average Bonchev–Trinajstić information content (AvgIpc) is 2.29. The third-order valence-corrected chi connectivity index (χ3v) is 2.60. The van der Waals surface area contributed by atoms with E-state index in [0.717, 1.165) is 11.3 Å². The molecule has 4 heteroatoms. The Morgan fingerprint density at radius 1 is 1.06 bits per heavy atom. The van der Waals surface area contributed by atoms with E-state index < -0.39 is 4.92 Å². The number of hydrogen-bond donors (Lipinski definition) is 0. The summed E-state index contributed by atoms with van der Waals surface area (Å²) >= 11 is 0. The summed E-state index contributed by atoms with van der Waals surface area (Å²) < 4.78 is 0. The third kappa shape index (κ3) is 2.30. The van der Waals surface area contributed by atoms with Gasteiger partial charge in [0, 0.05) is 11.6 Å². The van der Waals surface area contributed by atoms with Gasteiger partial charge in [0.05, 0.1) is 10.6 Å². The number of pyridine rings is 1. The van der Waals surface area contributed by atoms with Gasteiger partial charge in [-0.05, 0) is 19.9 Å². The fraction of sp³-hybridized carbons (Fsp3) is 0.154. The molecule has 4 nitrogen and oxygen atoms in total. The zero-order chi connectivity index (χ0) is 12.4. The van der Waals surface area contributed by atoms with Crippen LogP contribution in [0.15, 0.2) is 36.4 Å². The largest absolute Gasteiger partial charge is 0.290 e. The van der Waals surface area contributed by atoms with E-state index in [1.165, 1.54) is 11.6 Å². The molecule has 0 unspecified atom stereocenters. The number of hydrogen-bond acceptors (Lipinski definition) is 3. The second-order valence-electron chi connectivity index (χ2n) is 3.92. The van der Waals surface area contributed by atoms with E-state index >= 15 is 0 Å². The lowest BCUT2D eigenvalue weighted by molar-refractivity contribution is -0.385. The predicted octanol–water partition coefficient (Wildman–Crippen LogP) is 3.27. The summed E-state index contributed by atoms with van der Waals surface area (Å²) in [5.74, 6) is 0. The lowest BCUT2D eigenvalue weighted by Crippen LogP contribution is -1.95. The number of benzene rings is 1. The van der Waals surface area contributed by atoms with Crippen molar-refractivity contribution in [1.29, 1.82) is 0 Å². The molecule has 2 aromatic rings. The first-order valence-corrected chi connectivity index (χ1v) is 5.27. The van der Waals surface area contributed by atoms with Gasteiger partial charge in [-0.15, -0.1) is 0 Å². The summed E-state index contributed by atoms with van der Waals surface area (Å²) in [5, 5.41) is 10.7. The lowest BCUT2D eigenvalue weighted by atomic mass is 10.1. The number of nitrogens with zero attached hydrogens (tertiary/aromatic N) is 2. The fourth-order valence-electron chi connectivity index (χ4n) is 1.63. The highest BCUT2D eigenvalue weighted by Gasteiger charge is 2.12. The smallest absolute Gasteiger partial charge is 0.258 e. The maximum absolute atomic E-state index is 10.7. The SMILES string of the molecule is Cc1ccc(-c2ccc([N+](=O)[O-])c(C)n2)cc1. The van der Waals surface area contributed by atoms with Crippen molar-refractivity contribution in [3.05, 3.63) is 57.8 Å². The minimum Gasteiger partial charge on any atom is -0.258 e. The topological polar surface area (TPSA) is 56.0 Å². The summed E-state index contributed by atoms with van der Waals surface area (Å²) in [4.78, 5) is 14.5. The number of nitro groups is 1. The molecule has 0 bridgehead atoms. The van der Waals surface area contributed by atoms with Crippen LogP contribution in [0.2, 0.25) is 0 Å². The first kappa shape index (κ1) is 11.3. The van der Waals surface area contributed by atoms with Crippen molar-refractivity contribution in [2.24, 2.45) is 0 Å². The lowest BCUT2D eigenvalue weighted by Gasteiger charge is -2.03. The summed E-state index contributed by atoms with van der Waals surface area (Å²) in [6.45, 7) is 3.66. The molecule has 0 saturated heterocycles. The third-order valence-electron chi connectivity index (χ3n) is 2.60. The highest BCUT2D eigenvalue weighted by molar-refractivity contribution is 5.61. The zero-order valence-corrected chi connectivity index (χ0v) is 9.68. The van der Waals surface area contributed by atoms with Crippen LogP contribution in [-0.2, 0) is 0 Å². The van der Waals surface area contributed by atoms with Crippen molar-refractivity contribution in [2.75, 3.05) is 0 Å². The van der Waals surface area contributed by atoms with Crippen LogP contribution in [0.4, 0.5) is 5.69 Å². The van der Waals surface area contributed by atoms with E-state index in [0.29, 0.717) is 5.69 Å². The van der Waals surface area contributed by atoms with Crippen LogP contribution in [-0.4, -0.2) is 9.91 Å². The van der Waals surface area contributed by atoms with Crippen molar-refractivity contribution in [1.82, 2.24) is 4.98 Å². The van der Waals surface area contributed by atoms with E-state index in [4.69, 9.17) is 0 Å².